The highest BCUT2D eigenvalue weighted by Crippen LogP contribution is 2.52. The number of amides is 2. The number of hydrogen-bond acceptors (Lipinski definition) is 3. The Balaban J connectivity index is 1.57. The lowest BCUT2D eigenvalue weighted by molar-refractivity contribution is 0.212. The van der Waals surface area contributed by atoms with Crippen LogP contribution in [0.3, 0.4) is 0 Å². The highest BCUT2D eigenvalue weighted by molar-refractivity contribution is 5.89. The van der Waals surface area contributed by atoms with Crippen LogP contribution in [0.25, 0.3) is 0 Å². The number of hydrogen-bond donors (Lipinski definition) is 1. The molecule has 1 saturated heterocycles. The first-order chi connectivity index (χ1) is 12.5. The molecular formula is C18H21F2N5O. The lowest BCUT2D eigenvalue weighted by Gasteiger charge is -2.28. The second-order valence-corrected chi connectivity index (χ2v) is 7.36. The monoisotopic (exact) mass is 361 g/mol. The van der Waals surface area contributed by atoms with Gasteiger partial charge in [0.15, 0.2) is 0 Å². The molecular weight excluding hydrogens is 340 g/mol. The smallest absolute Gasteiger partial charge is 0.321 e. The maximum atomic E-state index is 13.8. The molecule has 1 atom stereocenters. The van der Waals surface area contributed by atoms with E-state index in [1.165, 1.54) is 0 Å². The number of carbonyl (C=O) groups is 1. The predicted octanol–water partition coefficient (Wildman–Crippen LogP) is 3.29. The van der Waals surface area contributed by atoms with E-state index < -0.39 is 17.7 Å². The SMILES string of the molecule is Cn1cnnc1C1CN(C(=O)Nc2cc(F)ccc2F)CC12CCCC2. The summed E-state index contributed by atoms with van der Waals surface area (Å²) in [5.74, 6) is -0.272. The van der Waals surface area contributed by atoms with Gasteiger partial charge in [-0.25, -0.2) is 13.6 Å². The first kappa shape index (κ1) is 16.9. The normalized spacial score (nSPS) is 21.5. The number of urea groups is 1. The van der Waals surface area contributed by atoms with Gasteiger partial charge in [-0.3, -0.25) is 0 Å². The lowest BCUT2D eigenvalue weighted by atomic mass is 9.76. The van der Waals surface area contributed by atoms with Crippen molar-refractivity contribution in [2.75, 3.05) is 18.4 Å². The Morgan fingerprint density at radius 2 is 2.08 bits per heavy atom. The van der Waals surface area contributed by atoms with Crippen LogP contribution in [0.4, 0.5) is 19.3 Å². The van der Waals surface area contributed by atoms with E-state index in [9.17, 15) is 13.6 Å². The van der Waals surface area contributed by atoms with Gasteiger partial charge in [-0.05, 0) is 30.4 Å². The minimum atomic E-state index is -0.653. The van der Waals surface area contributed by atoms with Crippen LogP contribution in [0.5, 0.6) is 0 Å². The molecule has 1 saturated carbocycles. The van der Waals surface area contributed by atoms with Crippen molar-refractivity contribution in [2.24, 2.45) is 12.5 Å². The fraction of sp³-hybridized carbons (Fsp3) is 0.500. The van der Waals surface area contributed by atoms with Crippen molar-refractivity contribution in [2.45, 2.75) is 31.6 Å². The van der Waals surface area contributed by atoms with Crippen LogP contribution in [0.1, 0.15) is 37.4 Å². The number of nitrogens with one attached hydrogen (secondary N) is 1. The van der Waals surface area contributed by atoms with Crippen LogP contribution >= 0.6 is 0 Å². The van der Waals surface area contributed by atoms with E-state index in [0.717, 1.165) is 49.7 Å². The Labute approximate surface area is 150 Å². The van der Waals surface area contributed by atoms with Crippen molar-refractivity contribution < 1.29 is 13.6 Å². The summed E-state index contributed by atoms with van der Waals surface area (Å²) in [7, 11) is 1.91. The van der Waals surface area contributed by atoms with Crippen LogP contribution in [0.15, 0.2) is 24.5 Å². The van der Waals surface area contributed by atoms with Crippen molar-refractivity contribution in [3.63, 3.8) is 0 Å². The summed E-state index contributed by atoms with van der Waals surface area (Å²) >= 11 is 0. The zero-order valence-corrected chi connectivity index (χ0v) is 14.6. The van der Waals surface area contributed by atoms with E-state index in [4.69, 9.17) is 0 Å². The molecule has 2 heterocycles. The zero-order valence-electron chi connectivity index (χ0n) is 14.6. The van der Waals surface area contributed by atoms with Crippen LogP contribution in [0, 0.1) is 17.0 Å². The topological polar surface area (TPSA) is 63.1 Å². The van der Waals surface area contributed by atoms with Crippen molar-refractivity contribution in [3.05, 3.63) is 42.0 Å². The van der Waals surface area contributed by atoms with Crippen LogP contribution < -0.4 is 5.32 Å². The van der Waals surface area contributed by atoms with Gasteiger partial charge in [-0.15, -0.1) is 10.2 Å². The van der Waals surface area contributed by atoms with E-state index >= 15 is 0 Å². The molecule has 2 aliphatic rings. The molecule has 4 rings (SSSR count). The average Bonchev–Trinajstić information content (AvgIpc) is 3.33. The van der Waals surface area contributed by atoms with Gasteiger partial charge in [-0.2, -0.15) is 0 Å². The molecule has 6 nitrogen and oxygen atoms in total. The van der Waals surface area contributed by atoms with Crippen molar-refractivity contribution in [1.29, 1.82) is 0 Å². The Hall–Kier alpha value is -2.51. The molecule has 1 aromatic heterocycles. The summed E-state index contributed by atoms with van der Waals surface area (Å²) in [6.45, 7) is 1.09. The van der Waals surface area contributed by atoms with Crippen LogP contribution in [-0.4, -0.2) is 38.8 Å². The first-order valence-electron chi connectivity index (χ1n) is 8.83. The maximum absolute atomic E-state index is 13.8. The third-order valence-electron chi connectivity index (χ3n) is 5.76. The maximum Gasteiger partial charge on any atom is 0.321 e. The molecule has 0 bridgehead atoms. The molecule has 1 aliphatic heterocycles. The number of benzene rings is 1. The molecule has 26 heavy (non-hydrogen) atoms. The summed E-state index contributed by atoms with van der Waals surface area (Å²) in [5.41, 5.74) is -0.156. The van der Waals surface area contributed by atoms with Crippen molar-refractivity contribution in [1.82, 2.24) is 19.7 Å². The molecule has 1 N–H and O–H groups in total. The number of halogens is 2. The van der Waals surface area contributed by atoms with Gasteiger partial charge in [0.1, 0.15) is 23.8 Å². The van der Waals surface area contributed by atoms with Crippen molar-refractivity contribution >= 4 is 11.7 Å². The molecule has 2 aromatic rings. The van der Waals surface area contributed by atoms with Gasteiger partial charge >= 0.3 is 6.03 Å². The van der Waals surface area contributed by atoms with E-state index in [0.29, 0.717) is 13.1 Å². The molecule has 8 heteroatoms. The van der Waals surface area contributed by atoms with Gasteiger partial charge in [-0.1, -0.05) is 12.8 Å². The second kappa shape index (κ2) is 6.34. The van der Waals surface area contributed by atoms with Gasteiger partial charge in [0.05, 0.1) is 5.69 Å². The molecule has 0 radical (unpaired) electrons. The number of nitrogens with zero attached hydrogens (tertiary/aromatic N) is 4. The van der Waals surface area contributed by atoms with Gasteiger partial charge in [0.25, 0.3) is 0 Å². The summed E-state index contributed by atoms with van der Waals surface area (Å²) in [6, 6.07) is 2.62. The third-order valence-corrected chi connectivity index (χ3v) is 5.76. The summed E-state index contributed by atoms with van der Waals surface area (Å²) in [5, 5.41) is 10.8. The number of carbonyl (C=O) groups excluding carboxylic acids is 1. The molecule has 1 spiro atoms. The number of aromatic nitrogens is 3. The fourth-order valence-electron chi connectivity index (χ4n) is 4.46. The zero-order chi connectivity index (χ0) is 18.3. The summed E-state index contributed by atoms with van der Waals surface area (Å²) in [6.07, 6.45) is 5.98. The minimum Gasteiger partial charge on any atom is -0.323 e. The van der Waals surface area contributed by atoms with E-state index in [2.05, 4.69) is 15.5 Å². The minimum absolute atomic E-state index is 0.0153. The lowest BCUT2D eigenvalue weighted by Crippen LogP contribution is -2.35. The van der Waals surface area contributed by atoms with Gasteiger partial charge in [0.2, 0.25) is 0 Å². The second-order valence-electron chi connectivity index (χ2n) is 7.36. The van der Waals surface area contributed by atoms with Crippen LogP contribution in [0.2, 0.25) is 0 Å². The summed E-state index contributed by atoms with van der Waals surface area (Å²) < 4.78 is 29.1. The highest BCUT2D eigenvalue weighted by atomic mass is 19.1. The van der Waals surface area contributed by atoms with Crippen molar-refractivity contribution in [3.8, 4) is 0 Å². The van der Waals surface area contributed by atoms with E-state index in [1.807, 2.05) is 11.6 Å². The fourth-order valence-corrected chi connectivity index (χ4v) is 4.46. The first-order valence-corrected chi connectivity index (χ1v) is 8.83. The molecule has 1 aliphatic carbocycles. The molecule has 1 aromatic carbocycles. The summed E-state index contributed by atoms with van der Waals surface area (Å²) in [4.78, 5) is 14.4. The molecule has 1 unspecified atom stereocenters. The molecule has 2 fully saturated rings. The van der Waals surface area contributed by atoms with E-state index in [-0.39, 0.29) is 17.0 Å². The Morgan fingerprint density at radius 1 is 1.31 bits per heavy atom. The Bertz CT molecular complexity index is 831. The number of anilines is 1. The quantitative estimate of drug-likeness (QED) is 0.893. The molecule has 138 valence electrons. The highest BCUT2D eigenvalue weighted by Gasteiger charge is 2.51. The Kier molecular flexibility index (Phi) is 4.13. The third kappa shape index (κ3) is 2.83. The predicted molar refractivity (Wildman–Crippen MR) is 91.6 cm³/mol. The average molecular weight is 361 g/mol. The number of rotatable bonds is 2. The van der Waals surface area contributed by atoms with E-state index in [1.54, 1.807) is 11.2 Å². The molecule has 2 amide bonds. The Morgan fingerprint density at radius 3 is 2.77 bits per heavy atom. The van der Waals surface area contributed by atoms with Crippen LogP contribution in [-0.2, 0) is 7.05 Å². The number of aryl methyl sites for hydroxylation is 1. The largest absolute Gasteiger partial charge is 0.323 e. The standard InChI is InChI=1S/C18H21F2N5O/c1-24-11-21-23-16(24)13-9-25(10-18(13)6-2-3-7-18)17(26)22-15-8-12(19)4-5-14(15)20/h4-5,8,11,13H,2-3,6-7,9-10H2,1H3,(H,22,26). The van der Waals surface area contributed by atoms with Gasteiger partial charge < -0.3 is 14.8 Å². The van der Waals surface area contributed by atoms with Gasteiger partial charge in [0, 0.05) is 32.1 Å². The number of likely N-dealkylation sites (tertiary alicyclic amines) is 1.